The third-order valence-electron chi connectivity index (χ3n) is 9.69. The van der Waals surface area contributed by atoms with Crippen molar-refractivity contribution in [1.29, 1.82) is 0 Å². The molecular formula is C46H29NS2. The Morgan fingerprint density at radius 3 is 1.29 bits per heavy atom. The molecule has 10 rings (SSSR count). The Balaban J connectivity index is 1.17. The molecule has 3 heteroatoms. The summed E-state index contributed by atoms with van der Waals surface area (Å²) in [5, 5.41) is 7.75. The van der Waals surface area contributed by atoms with Gasteiger partial charge in [0, 0.05) is 36.6 Å². The minimum absolute atomic E-state index is 1.14. The number of hydrogen-bond acceptors (Lipinski definition) is 3. The molecule has 0 bridgehead atoms. The lowest BCUT2D eigenvalue weighted by atomic mass is 9.93. The summed E-state index contributed by atoms with van der Waals surface area (Å²) in [5.74, 6) is 0. The Kier molecular flexibility index (Phi) is 6.61. The molecule has 2 heterocycles. The summed E-state index contributed by atoms with van der Waals surface area (Å²) in [7, 11) is 0. The molecule has 0 saturated heterocycles. The number of hydrogen-bond donors (Lipinski definition) is 0. The molecule has 2 aromatic heterocycles. The molecule has 8 aromatic carbocycles. The van der Waals surface area contributed by atoms with E-state index in [1.165, 1.54) is 84.7 Å². The van der Waals surface area contributed by atoms with Crippen molar-refractivity contribution >= 4 is 90.9 Å². The average Bonchev–Trinajstić information content (AvgIpc) is 3.75. The van der Waals surface area contributed by atoms with Gasteiger partial charge < -0.3 is 4.90 Å². The molecule has 0 fully saturated rings. The van der Waals surface area contributed by atoms with Gasteiger partial charge >= 0.3 is 0 Å². The molecular weight excluding hydrogens is 631 g/mol. The molecule has 0 radical (unpaired) electrons. The second-order valence-electron chi connectivity index (χ2n) is 12.5. The van der Waals surface area contributed by atoms with Gasteiger partial charge in [0.25, 0.3) is 0 Å². The molecule has 10 aromatic rings. The molecule has 0 aliphatic carbocycles. The molecule has 0 unspecified atom stereocenters. The third kappa shape index (κ3) is 4.58. The van der Waals surface area contributed by atoms with E-state index in [9.17, 15) is 0 Å². The first-order chi connectivity index (χ1) is 24.3. The second kappa shape index (κ2) is 11.5. The van der Waals surface area contributed by atoms with Gasteiger partial charge in [-0.1, -0.05) is 140 Å². The van der Waals surface area contributed by atoms with Gasteiger partial charge in [0.1, 0.15) is 0 Å². The predicted molar refractivity (Wildman–Crippen MR) is 215 cm³/mol. The largest absolute Gasteiger partial charge is 0.308 e. The number of nitrogens with zero attached hydrogens (tertiary/aromatic N) is 1. The highest BCUT2D eigenvalue weighted by atomic mass is 32.1. The predicted octanol–water partition coefficient (Wildman–Crippen LogP) is 14.4. The van der Waals surface area contributed by atoms with Crippen LogP contribution in [0.1, 0.15) is 0 Å². The minimum atomic E-state index is 1.14. The summed E-state index contributed by atoms with van der Waals surface area (Å²) in [6.45, 7) is 0. The van der Waals surface area contributed by atoms with Crippen LogP contribution in [0.3, 0.4) is 0 Å². The Bertz CT molecular complexity index is 2710. The fourth-order valence-corrected chi connectivity index (χ4v) is 9.86. The van der Waals surface area contributed by atoms with Gasteiger partial charge in [-0.05, 0) is 69.4 Å². The summed E-state index contributed by atoms with van der Waals surface area (Å²) in [4.78, 5) is 2.48. The van der Waals surface area contributed by atoms with Gasteiger partial charge in [-0.3, -0.25) is 0 Å². The van der Waals surface area contributed by atoms with Gasteiger partial charge in [0.15, 0.2) is 0 Å². The van der Waals surface area contributed by atoms with Crippen LogP contribution >= 0.6 is 22.7 Å². The van der Waals surface area contributed by atoms with Gasteiger partial charge in [-0.2, -0.15) is 0 Å². The zero-order valence-electron chi connectivity index (χ0n) is 26.5. The van der Waals surface area contributed by atoms with Crippen molar-refractivity contribution in [2.24, 2.45) is 0 Å². The van der Waals surface area contributed by atoms with Crippen molar-refractivity contribution < 1.29 is 0 Å². The maximum atomic E-state index is 2.48. The van der Waals surface area contributed by atoms with Gasteiger partial charge in [-0.25, -0.2) is 0 Å². The number of anilines is 3. The second-order valence-corrected chi connectivity index (χ2v) is 14.6. The van der Waals surface area contributed by atoms with Crippen molar-refractivity contribution in [3.05, 3.63) is 176 Å². The van der Waals surface area contributed by atoms with E-state index in [2.05, 4.69) is 181 Å². The van der Waals surface area contributed by atoms with Crippen LogP contribution in [0.5, 0.6) is 0 Å². The van der Waals surface area contributed by atoms with Crippen LogP contribution in [0.4, 0.5) is 17.1 Å². The summed E-state index contributed by atoms with van der Waals surface area (Å²) in [5.41, 5.74) is 8.50. The van der Waals surface area contributed by atoms with Crippen molar-refractivity contribution in [2.75, 3.05) is 4.90 Å². The number of thiophene rings is 2. The van der Waals surface area contributed by atoms with Crippen molar-refractivity contribution in [2.45, 2.75) is 0 Å². The molecule has 0 spiro atoms. The number of benzene rings is 8. The Labute approximate surface area is 292 Å². The molecule has 0 N–H and O–H groups in total. The van der Waals surface area contributed by atoms with Crippen molar-refractivity contribution in [1.82, 2.24) is 0 Å². The fraction of sp³-hybridized carbons (Fsp3) is 0. The van der Waals surface area contributed by atoms with E-state index in [-0.39, 0.29) is 0 Å². The van der Waals surface area contributed by atoms with Crippen LogP contribution in [0.25, 0.3) is 73.4 Å². The molecule has 1 nitrogen and oxygen atoms in total. The Hall–Kier alpha value is -5.74. The lowest BCUT2D eigenvalue weighted by Crippen LogP contribution is -2.10. The normalized spacial score (nSPS) is 11.7. The monoisotopic (exact) mass is 659 g/mol. The maximum absolute atomic E-state index is 2.48. The zero-order valence-corrected chi connectivity index (χ0v) is 28.1. The molecule has 230 valence electrons. The summed E-state index contributed by atoms with van der Waals surface area (Å²) >= 11 is 3.76. The van der Waals surface area contributed by atoms with Crippen LogP contribution in [0.2, 0.25) is 0 Å². The first-order valence-electron chi connectivity index (χ1n) is 16.6. The van der Waals surface area contributed by atoms with E-state index in [1.807, 2.05) is 22.7 Å². The molecule has 0 saturated carbocycles. The van der Waals surface area contributed by atoms with Crippen LogP contribution < -0.4 is 4.90 Å². The molecule has 0 aliphatic heterocycles. The van der Waals surface area contributed by atoms with E-state index in [0.29, 0.717) is 0 Å². The highest BCUT2D eigenvalue weighted by Crippen LogP contribution is 2.49. The van der Waals surface area contributed by atoms with Gasteiger partial charge in [0.2, 0.25) is 0 Å². The smallest absolute Gasteiger partial charge is 0.0640 e. The maximum Gasteiger partial charge on any atom is 0.0640 e. The topological polar surface area (TPSA) is 3.24 Å². The molecule has 0 atom stereocenters. The van der Waals surface area contributed by atoms with Crippen LogP contribution in [0.15, 0.2) is 176 Å². The first-order valence-corrected chi connectivity index (χ1v) is 18.2. The lowest BCUT2D eigenvalue weighted by Gasteiger charge is -2.27. The number of rotatable bonds is 5. The molecule has 0 amide bonds. The van der Waals surface area contributed by atoms with E-state index in [4.69, 9.17) is 0 Å². The van der Waals surface area contributed by atoms with Crippen molar-refractivity contribution in [3.63, 3.8) is 0 Å². The standard InChI is InChI=1S/C46H29NS2/c1-2-12-30(13-3-1)33-16-8-19-36-34(17-9-18-35(33)36)31-26-28-32(29-27-31)47(41-22-10-20-39-37-14-4-6-24-43(37)48-45(39)41)42-23-11-21-40-38-15-5-7-25-44(38)49-46(40)42/h1-29H. The fourth-order valence-electron chi connectivity index (χ4n) is 7.45. The lowest BCUT2D eigenvalue weighted by molar-refractivity contribution is 1.32. The zero-order chi connectivity index (χ0) is 32.3. The van der Waals surface area contributed by atoms with E-state index >= 15 is 0 Å². The van der Waals surface area contributed by atoms with Gasteiger partial charge in [-0.15, -0.1) is 22.7 Å². The first kappa shape index (κ1) is 28.3. The van der Waals surface area contributed by atoms with E-state index < -0.39 is 0 Å². The third-order valence-corrected chi connectivity index (χ3v) is 12.1. The number of fused-ring (bicyclic) bond motifs is 7. The summed E-state index contributed by atoms with van der Waals surface area (Å²) in [6, 6.07) is 64.3. The van der Waals surface area contributed by atoms with Crippen molar-refractivity contribution in [3.8, 4) is 22.3 Å². The van der Waals surface area contributed by atoms with Crippen LogP contribution in [0, 0.1) is 0 Å². The Morgan fingerprint density at radius 2 is 0.735 bits per heavy atom. The quantitative estimate of drug-likeness (QED) is 0.178. The summed E-state index contributed by atoms with van der Waals surface area (Å²) in [6.07, 6.45) is 0. The van der Waals surface area contributed by atoms with E-state index in [1.54, 1.807) is 0 Å². The van der Waals surface area contributed by atoms with Crippen LogP contribution in [-0.4, -0.2) is 0 Å². The summed E-state index contributed by atoms with van der Waals surface area (Å²) < 4.78 is 5.22. The average molecular weight is 660 g/mol. The minimum Gasteiger partial charge on any atom is -0.308 e. The van der Waals surface area contributed by atoms with Gasteiger partial charge in [0.05, 0.1) is 20.8 Å². The molecule has 49 heavy (non-hydrogen) atoms. The molecule has 0 aliphatic rings. The highest BCUT2D eigenvalue weighted by Gasteiger charge is 2.21. The SMILES string of the molecule is c1ccc(-c2cccc3c(-c4ccc(N(c5cccc6c5sc5ccccc56)c5cccc6c5sc5ccccc56)cc4)cccc23)cc1. The highest BCUT2D eigenvalue weighted by molar-refractivity contribution is 7.27. The van der Waals surface area contributed by atoms with E-state index in [0.717, 1.165) is 5.69 Å². The van der Waals surface area contributed by atoms with Crippen LogP contribution in [-0.2, 0) is 0 Å². The Morgan fingerprint density at radius 1 is 0.306 bits per heavy atom.